The lowest BCUT2D eigenvalue weighted by molar-refractivity contribution is -0.467. The second kappa shape index (κ2) is 7.19. The van der Waals surface area contributed by atoms with Crippen LogP contribution in [0.5, 0.6) is 0 Å². The Bertz CT molecular complexity index is 629. The molecule has 0 saturated carbocycles. The number of rotatable bonds is 6. The molecular weight excluding hydrogens is 318 g/mol. The van der Waals surface area contributed by atoms with Crippen molar-refractivity contribution in [2.45, 2.75) is 32.7 Å². The lowest BCUT2D eigenvalue weighted by atomic mass is 10.2. The van der Waals surface area contributed by atoms with Gasteiger partial charge < -0.3 is 4.43 Å². The maximum atomic E-state index is 11.0. The molecular formula is C19H24NO3Si-. The standard InChI is InChI=1S/C19H24NO3Si/c1-16(20(21)22)15-23-24(19(2,3)4,17-11-7-5-8-12-17)18-13-9-6-10-14-18/h5-14H,15H2,1-4H3/q-1. The highest BCUT2D eigenvalue weighted by Crippen LogP contribution is 2.37. The fourth-order valence-corrected chi connectivity index (χ4v) is 7.61. The monoisotopic (exact) mass is 342 g/mol. The quantitative estimate of drug-likeness (QED) is 0.350. The molecule has 0 radical (unpaired) electrons. The van der Waals surface area contributed by atoms with Crippen LogP contribution in [-0.4, -0.2) is 19.8 Å². The van der Waals surface area contributed by atoms with Crippen molar-refractivity contribution in [3.63, 3.8) is 0 Å². The van der Waals surface area contributed by atoms with Crippen LogP contribution >= 0.6 is 0 Å². The molecule has 5 heteroatoms. The van der Waals surface area contributed by atoms with Crippen molar-refractivity contribution in [3.8, 4) is 0 Å². The topological polar surface area (TPSA) is 52.4 Å². The van der Waals surface area contributed by atoms with Crippen LogP contribution in [0.4, 0.5) is 0 Å². The van der Waals surface area contributed by atoms with Crippen LogP contribution in [0.2, 0.25) is 5.04 Å². The third kappa shape index (κ3) is 3.52. The summed E-state index contributed by atoms with van der Waals surface area (Å²) in [7, 11) is -2.68. The third-order valence-electron chi connectivity index (χ3n) is 4.23. The molecule has 0 aliphatic rings. The van der Waals surface area contributed by atoms with E-state index in [1.54, 1.807) is 0 Å². The predicted octanol–water partition coefficient (Wildman–Crippen LogP) is 3.39. The first kappa shape index (κ1) is 18.2. The van der Waals surface area contributed by atoms with E-state index in [0.717, 1.165) is 10.4 Å². The molecule has 0 atom stereocenters. The van der Waals surface area contributed by atoms with E-state index in [9.17, 15) is 10.1 Å². The molecule has 0 amide bonds. The van der Waals surface area contributed by atoms with Gasteiger partial charge in [-0.25, -0.2) is 0 Å². The molecule has 0 aliphatic heterocycles. The van der Waals surface area contributed by atoms with E-state index in [4.69, 9.17) is 4.43 Å². The van der Waals surface area contributed by atoms with Crippen molar-refractivity contribution in [2.75, 3.05) is 6.61 Å². The number of hydrogen-bond donors (Lipinski definition) is 0. The van der Waals surface area contributed by atoms with Crippen molar-refractivity contribution in [1.29, 1.82) is 0 Å². The summed E-state index contributed by atoms with van der Waals surface area (Å²) >= 11 is 0. The molecule has 24 heavy (non-hydrogen) atoms. The number of hydrogen-bond acceptors (Lipinski definition) is 3. The van der Waals surface area contributed by atoms with E-state index in [2.05, 4.69) is 45.0 Å². The van der Waals surface area contributed by atoms with Gasteiger partial charge in [-0.2, -0.15) is 0 Å². The van der Waals surface area contributed by atoms with E-state index >= 15 is 0 Å². The first-order chi connectivity index (χ1) is 11.3. The first-order valence-electron chi connectivity index (χ1n) is 8.01. The average molecular weight is 342 g/mol. The number of benzene rings is 2. The van der Waals surface area contributed by atoms with Gasteiger partial charge in [-0.1, -0.05) is 81.4 Å². The smallest absolute Gasteiger partial charge is 0.258 e. The van der Waals surface area contributed by atoms with Crippen LogP contribution in [0.1, 0.15) is 27.7 Å². The second-order valence-corrected chi connectivity index (χ2v) is 11.3. The van der Waals surface area contributed by atoms with Crippen LogP contribution in [0.3, 0.4) is 0 Å². The van der Waals surface area contributed by atoms with Gasteiger partial charge in [0, 0.05) is 0 Å². The maximum Gasteiger partial charge on any atom is 0.258 e. The summed E-state index contributed by atoms with van der Waals surface area (Å²) < 4.78 is 6.45. The Morgan fingerprint density at radius 2 is 1.42 bits per heavy atom. The van der Waals surface area contributed by atoms with Gasteiger partial charge in [-0.05, 0) is 28.1 Å². The van der Waals surface area contributed by atoms with Crippen molar-refractivity contribution in [2.24, 2.45) is 0 Å². The molecule has 2 aromatic carbocycles. The average Bonchev–Trinajstić information content (AvgIpc) is 2.56. The highest BCUT2D eigenvalue weighted by molar-refractivity contribution is 6.99. The third-order valence-corrected chi connectivity index (χ3v) is 9.21. The molecule has 2 aromatic rings. The lowest BCUT2D eigenvalue weighted by Crippen LogP contribution is -2.66. The maximum absolute atomic E-state index is 11.0. The first-order valence-corrected chi connectivity index (χ1v) is 9.91. The van der Waals surface area contributed by atoms with E-state index < -0.39 is 8.32 Å². The van der Waals surface area contributed by atoms with Crippen LogP contribution in [0.25, 0.3) is 0 Å². The van der Waals surface area contributed by atoms with Gasteiger partial charge in [-0.15, -0.1) is 11.8 Å². The van der Waals surface area contributed by atoms with Gasteiger partial charge >= 0.3 is 0 Å². The Morgan fingerprint density at radius 1 is 1.00 bits per heavy atom. The Hall–Kier alpha value is -2.11. The molecule has 0 bridgehead atoms. The van der Waals surface area contributed by atoms with Gasteiger partial charge in [0.25, 0.3) is 8.32 Å². The Morgan fingerprint density at radius 3 is 1.75 bits per heavy atom. The Balaban J connectivity index is 2.59. The van der Waals surface area contributed by atoms with Gasteiger partial charge in [0.05, 0.1) is 0 Å². The molecule has 0 fully saturated rings. The molecule has 0 N–H and O–H groups in total. The largest absolute Gasteiger partial charge is 0.431 e. The Labute approximate surface area is 144 Å². The molecule has 0 aliphatic carbocycles. The molecule has 128 valence electrons. The summed E-state index contributed by atoms with van der Waals surface area (Å²) in [4.78, 5) is 10.7. The van der Waals surface area contributed by atoms with Crippen LogP contribution in [-0.2, 0) is 4.43 Å². The zero-order chi connectivity index (χ0) is 17.8. The van der Waals surface area contributed by atoms with Crippen molar-refractivity contribution in [1.82, 2.24) is 0 Å². The number of nitro groups is 1. The molecule has 4 nitrogen and oxygen atoms in total. The Kier molecular flexibility index (Phi) is 5.46. The van der Waals surface area contributed by atoms with Crippen LogP contribution < -0.4 is 10.4 Å². The molecule has 0 aromatic heterocycles. The van der Waals surface area contributed by atoms with E-state index in [-0.39, 0.29) is 22.6 Å². The highest BCUT2D eigenvalue weighted by Gasteiger charge is 2.49. The van der Waals surface area contributed by atoms with Gasteiger partial charge in [-0.3, -0.25) is 10.1 Å². The van der Waals surface area contributed by atoms with E-state index in [0.29, 0.717) is 0 Å². The lowest BCUT2D eigenvalue weighted by Gasteiger charge is -2.44. The van der Waals surface area contributed by atoms with Crippen molar-refractivity contribution >= 4 is 18.7 Å². The van der Waals surface area contributed by atoms with Crippen LogP contribution in [0, 0.1) is 16.2 Å². The normalized spacial score (nSPS) is 12.0. The molecule has 0 heterocycles. The van der Waals surface area contributed by atoms with Gasteiger partial charge in [0.1, 0.15) is 0 Å². The van der Waals surface area contributed by atoms with Crippen molar-refractivity contribution < 1.29 is 9.35 Å². The fraction of sp³-hybridized carbons (Fsp3) is 0.316. The highest BCUT2D eigenvalue weighted by atomic mass is 28.4. The fourth-order valence-electron chi connectivity index (χ4n) is 3.03. The summed E-state index contributed by atoms with van der Waals surface area (Å²) in [6.45, 7) is 8.00. The SMILES string of the molecule is C[C-](CO[Si](c1ccccc1)(c1ccccc1)C(C)(C)C)[N+](=O)[O-]. The van der Waals surface area contributed by atoms with E-state index in [1.165, 1.54) is 6.92 Å². The molecule has 0 spiro atoms. The zero-order valence-corrected chi connectivity index (χ0v) is 15.7. The van der Waals surface area contributed by atoms with Gasteiger partial charge in [0.15, 0.2) is 0 Å². The van der Waals surface area contributed by atoms with E-state index in [1.807, 2.05) is 36.4 Å². The molecule has 0 unspecified atom stereocenters. The van der Waals surface area contributed by atoms with Gasteiger partial charge in [0.2, 0.25) is 0 Å². The minimum absolute atomic E-state index is 0.0281. The summed E-state index contributed by atoms with van der Waals surface area (Å²) in [5.41, 5.74) is 0. The molecule has 2 rings (SSSR count). The summed E-state index contributed by atoms with van der Waals surface area (Å²) in [6.07, 6.45) is 0. The van der Waals surface area contributed by atoms with Crippen molar-refractivity contribution in [3.05, 3.63) is 76.8 Å². The summed E-state index contributed by atoms with van der Waals surface area (Å²) in [5.74, 6) is 0. The minimum atomic E-state index is -2.68. The number of nitrogens with zero attached hydrogens (tertiary/aromatic N) is 1. The summed E-state index contributed by atoms with van der Waals surface area (Å²) in [6, 6.07) is 20.4. The predicted molar refractivity (Wildman–Crippen MR) is 99.5 cm³/mol. The molecule has 0 saturated heterocycles. The zero-order valence-electron chi connectivity index (χ0n) is 14.7. The second-order valence-electron chi connectivity index (χ2n) is 6.94. The summed E-state index contributed by atoms with van der Waals surface area (Å²) in [5, 5.41) is 13.1. The minimum Gasteiger partial charge on any atom is -0.431 e. The van der Waals surface area contributed by atoms with Crippen LogP contribution in [0.15, 0.2) is 60.7 Å².